The number of carbonyl (C=O) groups is 1. The molecule has 4 unspecified atom stereocenters. The predicted octanol–water partition coefficient (Wildman–Crippen LogP) is 1.07. The molecule has 3 rings (SSSR count). The third-order valence-electron chi connectivity index (χ3n) is 4.81. The van der Waals surface area contributed by atoms with Crippen molar-refractivity contribution in [1.82, 2.24) is 20.3 Å². The number of nitrogens with zero attached hydrogens (tertiary/aromatic N) is 3. The molecule has 0 spiro atoms. The van der Waals surface area contributed by atoms with Gasteiger partial charge in [-0.15, -0.1) is 0 Å². The van der Waals surface area contributed by atoms with E-state index in [1.807, 2.05) is 0 Å². The quantitative estimate of drug-likeness (QED) is 0.693. The Bertz CT molecular complexity index is 548. The van der Waals surface area contributed by atoms with E-state index >= 15 is 0 Å². The van der Waals surface area contributed by atoms with Gasteiger partial charge in [-0.3, -0.25) is 4.79 Å². The number of anilines is 2. The molecule has 1 aromatic heterocycles. The molecule has 4 atom stereocenters. The SMILES string of the molecule is CC(NC(=O)CSc1nc(N)nc(N)n1)C1CC2CCC1C2. The molecule has 1 amide bonds. The number of nitrogen functional groups attached to an aromatic ring is 2. The third-order valence-corrected chi connectivity index (χ3v) is 5.65. The molecule has 2 fully saturated rings. The maximum Gasteiger partial charge on any atom is 0.230 e. The van der Waals surface area contributed by atoms with E-state index in [4.69, 9.17) is 11.5 Å². The van der Waals surface area contributed by atoms with Crippen LogP contribution in [0.3, 0.4) is 0 Å². The van der Waals surface area contributed by atoms with Crippen molar-refractivity contribution in [2.45, 2.75) is 43.8 Å². The average molecular weight is 322 g/mol. The zero-order valence-electron chi connectivity index (χ0n) is 12.7. The van der Waals surface area contributed by atoms with E-state index < -0.39 is 0 Å². The van der Waals surface area contributed by atoms with Gasteiger partial charge in [0.15, 0.2) is 5.16 Å². The van der Waals surface area contributed by atoms with Gasteiger partial charge in [0.05, 0.1) is 5.75 Å². The minimum Gasteiger partial charge on any atom is -0.368 e. The van der Waals surface area contributed by atoms with Crippen LogP contribution in [-0.2, 0) is 4.79 Å². The van der Waals surface area contributed by atoms with Crippen molar-refractivity contribution in [2.75, 3.05) is 17.2 Å². The van der Waals surface area contributed by atoms with E-state index in [1.165, 1.54) is 37.4 Å². The topological polar surface area (TPSA) is 120 Å². The van der Waals surface area contributed by atoms with Crippen molar-refractivity contribution in [2.24, 2.45) is 17.8 Å². The average Bonchev–Trinajstić information content (AvgIpc) is 3.06. The molecular formula is C14H22N6OS. The zero-order chi connectivity index (χ0) is 15.7. The van der Waals surface area contributed by atoms with E-state index in [0.29, 0.717) is 11.1 Å². The van der Waals surface area contributed by atoms with Crippen LogP contribution in [0.1, 0.15) is 32.6 Å². The van der Waals surface area contributed by atoms with Gasteiger partial charge < -0.3 is 16.8 Å². The largest absolute Gasteiger partial charge is 0.368 e. The van der Waals surface area contributed by atoms with Crippen molar-refractivity contribution in [3.63, 3.8) is 0 Å². The Hall–Kier alpha value is -1.57. The first-order valence-electron chi connectivity index (χ1n) is 7.70. The van der Waals surface area contributed by atoms with Crippen molar-refractivity contribution in [3.05, 3.63) is 0 Å². The highest BCUT2D eigenvalue weighted by atomic mass is 32.2. The van der Waals surface area contributed by atoms with Crippen LogP contribution in [0.2, 0.25) is 0 Å². The second-order valence-electron chi connectivity index (χ2n) is 6.32. The van der Waals surface area contributed by atoms with E-state index in [-0.39, 0.29) is 29.6 Å². The highest BCUT2D eigenvalue weighted by Crippen LogP contribution is 2.49. The summed E-state index contributed by atoms with van der Waals surface area (Å²) in [5.41, 5.74) is 11.0. The Morgan fingerprint density at radius 1 is 1.27 bits per heavy atom. The molecule has 0 radical (unpaired) electrons. The highest BCUT2D eigenvalue weighted by Gasteiger charge is 2.42. The molecule has 22 heavy (non-hydrogen) atoms. The molecule has 1 heterocycles. The van der Waals surface area contributed by atoms with E-state index in [1.54, 1.807) is 0 Å². The van der Waals surface area contributed by atoms with Gasteiger partial charge in [-0.25, -0.2) is 0 Å². The molecule has 120 valence electrons. The third kappa shape index (κ3) is 3.43. The number of amides is 1. The summed E-state index contributed by atoms with van der Waals surface area (Å²) in [6.45, 7) is 2.12. The maximum atomic E-state index is 12.1. The van der Waals surface area contributed by atoms with Gasteiger partial charge >= 0.3 is 0 Å². The van der Waals surface area contributed by atoms with Gasteiger partial charge in [-0.1, -0.05) is 18.2 Å². The summed E-state index contributed by atoms with van der Waals surface area (Å²) in [5, 5.41) is 3.49. The zero-order valence-corrected chi connectivity index (χ0v) is 13.5. The lowest BCUT2D eigenvalue weighted by molar-refractivity contribution is -0.119. The van der Waals surface area contributed by atoms with Crippen LogP contribution in [0.15, 0.2) is 5.16 Å². The Morgan fingerprint density at radius 2 is 2.00 bits per heavy atom. The summed E-state index contributed by atoms with van der Waals surface area (Å²) in [6, 6.07) is 0.233. The minimum absolute atomic E-state index is 0.00201. The van der Waals surface area contributed by atoms with Gasteiger partial charge in [0.25, 0.3) is 0 Å². The smallest absolute Gasteiger partial charge is 0.230 e. The molecule has 0 aliphatic heterocycles. The van der Waals surface area contributed by atoms with Crippen molar-refractivity contribution in [3.8, 4) is 0 Å². The van der Waals surface area contributed by atoms with Gasteiger partial charge in [0, 0.05) is 6.04 Å². The van der Waals surface area contributed by atoms with Gasteiger partial charge in [0.1, 0.15) is 0 Å². The molecule has 2 bridgehead atoms. The lowest BCUT2D eigenvalue weighted by atomic mass is 9.84. The minimum atomic E-state index is -0.00201. The lowest BCUT2D eigenvalue weighted by Gasteiger charge is -2.28. The molecule has 1 aromatic rings. The number of rotatable bonds is 5. The molecule has 2 aliphatic rings. The summed E-state index contributed by atoms with van der Waals surface area (Å²) >= 11 is 1.22. The molecular weight excluding hydrogens is 300 g/mol. The van der Waals surface area contributed by atoms with Crippen LogP contribution in [0.25, 0.3) is 0 Å². The molecule has 2 aliphatic carbocycles. The molecule has 0 saturated heterocycles. The summed E-state index contributed by atoms with van der Waals surface area (Å²) in [6.07, 6.45) is 5.32. The fourth-order valence-corrected chi connectivity index (χ4v) is 4.55. The fraction of sp³-hybridized carbons (Fsp3) is 0.714. The first kappa shape index (κ1) is 15.3. The van der Waals surface area contributed by atoms with Crippen LogP contribution in [0.5, 0.6) is 0 Å². The Labute approximate surface area is 134 Å². The number of fused-ring (bicyclic) bond motifs is 2. The monoisotopic (exact) mass is 322 g/mol. The van der Waals surface area contributed by atoms with Crippen LogP contribution in [0, 0.1) is 17.8 Å². The summed E-state index contributed by atoms with van der Waals surface area (Å²) in [7, 11) is 0. The Morgan fingerprint density at radius 3 is 2.59 bits per heavy atom. The summed E-state index contributed by atoms with van der Waals surface area (Å²) in [5.74, 6) is 2.73. The molecule has 5 N–H and O–H groups in total. The van der Waals surface area contributed by atoms with Crippen molar-refractivity contribution >= 4 is 29.6 Å². The number of aromatic nitrogens is 3. The second kappa shape index (κ2) is 6.28. The van der Waals surface area contributed by atoms with Gasteiger partial charge in [-0.2, -0.15) is 15.0 Å². The van der Waals surface area contributed by atoms with Crippen molar-refractivity contribution in [1.29, 1.82) is 0 Å². The van der Waals surface area contributed by atoms with Crippen LogP contribution in [0.4, 0.5) is 11.9 Å². The van der Waals surface area contributed by atoms with Gasteiger partial charge in [0.2, 0.25) is 17.8 Å². The number of carbonyl (C=O) groups excluding carboxylic acids is 1. The lowest BCUT2D eigenvalue weighted by Crippen LogP contribution is -2.40. The molecule has 7 nitrogen and oxygen atoms in total. The summed E-state index contributed by atoms with van der Waals surface area (Å²) in [4.78, 5) is 23.7. The second-order valence-corrected chi connectivity index (χ2v) is 7.26. The number of nitrogens with two attached hydrogens (primary N) is 2. The first-order valence-corrected chi connectivity index (χ1v) is 8.69. The number of hydrogen-bond acceptors (Lipinski definition) is 7. The van der Waals surface area contributed by atoms with E-state index in [9.17, 15) is 4.79 Å². The Balaban J connectivity index is 1.48. The highest BCUT2D eigenvalue weighted by molar-refractivity contribution is 7.99. The van der Waals surface area contributed by atoms with E-state index in [0.717, 1.165) is 11.8 Å². The molecule has 8 heteroatoms. The number of nitrogens with one attached hydrogen (secondary N) is 1. The standard InChI is InChI=1S/C14H22N6OS/c1-7(10-5-8-2-3-9(10)4-8)17-11(21)6-22-14-19-12(15)18-13(16)20-14/h7-10H,2-6H2,1H3,(H,17,21)(H4,15,16,18,19,20). The van der Waals surface area contributed by atoms with Crippen LogP contribution in [-0.4, -0.2) is 32.7 Å². The number of hydrogen-bond donors (Lipinski definition) is 3. The fourth-order valence-electron chi connectivity index (χ4n) is 3.89. The van der Waals surface area contributed by atoms with E-state index in [2.05, 4.69) is 27.2 Å². The maximum absolute atomic E-state index is 12.1. The van der Waals surface area contributed by atoms with Crippen LogP contribution < -0.4 is 16.8 Å². The predicted molar refractivity (Wildman–Crippen MR) is 85.9 cm³/mol. The van der Waals surface area contributed by atoms with Crippen molar-refractivity contribution < 1.29 is 4.79 Å². The number of thioether (sulfide) groups is 1. The molecule has 2 saturated carbocycles. The molecule has 0 aromatic carbocycles. The first-order chi connectivity index (χ1) is 10.5. The van der Waals surface area contributed by atoms with Gasteiger partial charge in [-0.05, 0) is 43.9 Å². The van der Waals surface area contributed by atoms with Crippen LogP contribution >= 0.6 is 11.8 Å². The summed E-state index contributed by atoms with van der Waals surface area (Å²) < 4.78 is 0. The normalized spacial score (nSPS) is 27.8. The Kier molecular flexibility index (Phi) is 4.37.